The number of hydrogen-bond donors (Lipinski definition) is 0. The highest BCUT2D eigenvalue weighted by Crippen LogP contribution is 2.16. The van der Waals surface area contributed by atoms with Gasteiger partial charge in [0.15, 0.2) is 5.78 Å². The molecule has 0 amide bonds. The molecule has 1 aromatic heterocycles. The highest BCUT2D eigenvalue weighted by atomic mass is 16.1. The Hall–Kier alpha value is -1.38. The Balaban J connectivity index is 2.86. The summed E-state index contributed by atoms with van der Waals surface area (Å²) in [5.41, 5.74) is 3.59. The molecule has 3 heteroatoms. The van der Waals surface area contributed by atoms with Gasteiger partial charge in [0.25, 0.3) is 0 Å². The molecule has 0 N–H and O–H groups in total. The molecule has 0 aliphatic carbocycles. The lowest BCUT2D eigenvalue weighted by Gasteiger charge is -2.01. The number of aryl methyl sites for hydroxylation is 2. The fourth-order valence-corrected chi connectivity index (χ4v) is 1.63. The van der Waals surface area contributed by atoms with Crippen molar-refractivity contribution in [2.45, 2.75) is 33.6 Å². The van der Waals surface area contributed by atoms with Gasteiger partial charge in [-0.15, -0.1) is 6.58 Å². The van der Waals surface area contributed by atoms with Crippen LogP contribution in [-0.4, -0.2) is 15.6 Å². The smallest absolute Gasteiger partial charge is 0.166 e. The Morgan fingerprint density at radius 3 is 2.40 bits per heavy atom. The van der Waals surface area contributed by atoms with Gasteiger partial charge in [-0.05, 0) is 27.2 Å². The lowest BCUT2D eigenvalue weighted by atomic mass is 10.0. The van der Waals surface area contributed by atoms with Crippen molar-refractivity contribution < 1.29 is 4.79 Å². The zero-order valence-electron chi connectivity index (χ0n) is 9.92. The predicted octanol–water partition coefficient (Wildman–Crippen LogP) is 2.58. The van der Waals surface area contributed by atoms with E-state index in [1.165, 1.54) is 0 Å². The van der Waals surface area contributed by atoms with E-state index < -0.39 is 0 Å². The number of ketones is 1. The maximum Gasteiger partial charge on any atom is 0.166 e. The van der Waals surface area contributed by atoms with Gasteiger partial charge < -0.3 is 0 Å². The quantitative estimate of drug-likeness (QED) is 0.560. The van der Waals surface area contributed by atoms with Gasteiger partial charge >= 0.3 is 0 Å². The van der Waals surface area contributed by atoms with Gasteiger partial charge in [-0.25, -0.2) is 0 Å². The number of carbonyl (C=O) groups is 1. The maximum absolute atomic E-state index is 11.9. The minimum Gasteiger partial charge on any atom is -0.294 e. The molecule has 1 aromatic rings. The molecule has 0 unspecified atom stereocenters. The highest BCUT2D eigenvalue weighted by Gasteiger charge is 2.16. The molecule has 0 aliphatic heterocycles. The lowest BCUT2D eigenvalue weighted by Crippen LogP contribution is -2.03. The van der Waals surface area contributed by atoms with Gasteiger partial charge in [-0.1, -0.05) is 5.57 Å². The summed E-state index contributed by atoms with van der Waals surface area (Å²) in [4.78, 5) is 11.9. The molecular weight excluding hydrogens is 188 g/mol. The minimum atomic E-state index is 0.168. The minimum absolute atomic E-state index is 0.168. The van der Waals surface area contributed by atoms with Gasteiger partial charge in [0.2, 0.25) is 0 Å². The van der Waals surface area contributed by atoms with Crippen molar-refractivity contribution in [3.8, 4) is 0 Å². The molecule has 15 heavy (non-hydrogen) atoms. The first-order valence-corrected chi connectivity index (χ1v) is 5.11. The number of carbonyl (C=O) groups excluding carboxylic acids is 1. The number of allylic oxidation sites excluding steroid dienone is 1. The fourth-order valence-electron chi connectivity index (χ4n) is 1.63. The van der Waals surface area contributed by atoms with Crippen molar-refractivity contribution in [1.29, 1.82) is 0 Å². The number of nitrogens with zero attached hydrogens (tertiary/aromatic N) is 2. The lowest BCUT2D eigenvalue weighted by molar-refractivity contribution is 0.0981. The van der Waals surface area contributed by atoms with E-state index in [1.54, 1.807) is 4.68 Å². The molecule has 0 aliphatic rings. The van der Waals surface area contributed by atoms with Crippen LogP contribution >= 0.6 is 0 Å². The van der Waals surface area contributed by atoms with Crippen LogP contribution < -0.4 is 0 Å². The molecule has 1 heterocycles. The number of hydrogen-bond acceptors (Lipinski definition) is 2. The second-order valence-electron chi connectivity index (χ2n) is 4.05. The molecule has 82 valence electrons. The van der Waals surface area contributed by atoms with Crippen LogP contribution in [0.25, 0.3) is 0 Å². The first-order valence-electron chi connectivity index (χ1n) is 5.11. The molecule has 0 radical (unpaired) electrons. The standard InChI is InChI=1S/C12H18N2O/c1-8(2)6-7-11(15)12-9(3)13-14(5)10(12)4/h1,6-7H2,2-5H3. The Labute approximate surface area is 90.8 Å². The van der Waals surface area contributed by atoms with Gasteiger partial charge in [0, 0.05) is 19.2 Å². The number of aromatic nitrogens is 2. The molecular formula is C12H18N2O. The highest BCUT2D eigenvalue weighted by molar-refractivity contribution is 5.98. The summed E-state index contributed by atoms with van der Waals surface area (Å²) in [6, 6.07) is 0. The average molecular weight is 206 g/mol. The number of Topliss-reactive ketones (excluding diaryl/α,β-unsaturated/α-hetero) is 1. The van der Waals surface area contributed by atoms with Crippen molar-refractivity contribution in [3.05, 3.63) is 29.1 Å². The van der Waals surface area contributed by atoms with Crippen LogP contribution in [0, 0.1) is 13.8 Å². The molecule has 3 nitrogen and oxygen atoms in total. The SMILES string of the molecule is C=C(C)CCC(=O)c1c(C)nn(C)c1C. The van der Waals surface area contributed by atoms with Gasteiger partial charge in [0.05, 0.1) is 11.3 Å². The Kier molecular flexibility index (Phi) is 3.45. The summed E-state index contributed by atoms with van der Waals surface area (Å²) in [5.74, 6) is 0.168. The molecule has 0 aromatic carbocycles. The van der Waals surface area contributed by atoms with Gasteiger partial charge in [-0.3, -0.25) is 9.48 Å². The van der Waals surface area contributed by atoms with Crippen LogP contribution in [-0.2, 0) is 7.05 Å². The van der Waals surface area contributed by atoms with Crippen LogP contribution in [0.4, 0.5) is 0 Å². The van der Waals surface area contributed by atoms with E-state index in [0.29, 0.717) is 6.42 Å². The van der Waals surface area contributed by atoms with Crippen molar-refractivity contribution in [3.63, 3.8) is 0 Å². The molecule has 0 bridgehead atoms. The Morgan fingerprint density at radius 1 is 1.40 bits per heavy atom. The molecule has 0 saturated heterocycles. The van der Waals surface area contributed by atoms with Crippen molar-refractivity contribution in [2.24, 2.45) is 7.05 Å². The third-order valence-corrected chi connectivity index (χ3v) is 2.57. The normalized spacial score (nSPS) is 10.4. The Morgan fingerprint density at radius 2 is 2.00 bits per heavy atom. The fraction of sp³-hybridized carbons (Fsp3) is 0.500. The van der Waals surface area contributed by atoms with Crippen LogP contribution in [0.5, 0.6) is 0 Å². The van der Waals surface area contributed by atoms with E-state index in [-0.39, 0.29) is 5.78 Å². The van der Waals surface area contributed by atoms with Crippen molar-refractivity contribution in [2.75, 3.05) is 0 Å². The topological polar surface area (TPSA) is 34.9 Å². The summed E-state index contributed by atoms with van der Waals surface area (Å²) in [5, 5.41) is 4.23. The molecule has 0 saturated carbocycles. The van der Waals surface area contributed by atoms with E-state index in [4.69, 9.17) is 0 Å². The monoisotopic (exact) mass is 206 g/mol. The second kappa shape index (κ2) is 4.43. The summed E-state index contributed by atoms with van der Waals surface area (Å²) in [6.07, 6.45) is 1.29. The summed E-state index contributed by atoms with van der Waals surface area (Å²) in [6.45, 7) is 9.54. The van der Waals surface area contributed by atoms with Gasteiger partial charge in [0.1, 0.15) is 0 Å². The maximum atomic E-state index is 11.9. The summed E-state index contributed by atoms with van der Waals surface area (Å²) < 4.78 is 1.75. The third-order valence-electron chi connectivity index (χ3n) is 2.57. The van der Waals surface area contributed by atoms with Crippen LogP contribution in [0.3, 0.4) is 0 Å². The zero-order valence-corrected chi connectivity index (χ0v) is 9.92. The van der Waals surface area contributed by atoms with E-state index in [0.717, 1.165) is 28.9 Å². The van der Waals surface area contributed by atoms with Crippen LogP contribution in [0.1, 0.15) is 41.5 Å². The third kappa shape index (κ3) is 2.55. The molecule has 0 fully saturated rings. The van der Waals surface area contributed by atoms with Crippen molar-refractivity contribution >= 4 is 5.78 Å². The predicted molar refractivity (Wildman–Crippen MR) is 61.1 cm³/mol. The van der Waals surface area contributed by atoms with Gasteiger partial charge in [-0.2, -0.15) is 5.10 Å². The first-order chi connectivity index (χ1) is 6.93. The van der Waals surface area contributed by atoms with Crippen LogP contribution in [0.2, 0.25) is 0 Å². The van der Waals surface area contributed by atoms with E-state index in [1.807, 2.05) is 27.8 Å². The van der Waals surface area contributed by atoms with Crippen molar-refractivity contribution in [1.82, 2.24) is 9.78 Å². The first kappa shape index (κ1) is 11.7. The van der Waals surface area contributed by atoms with E-state index >= 15 is 0 Å². The summed E-state index contributed by atoms with van der Waals surface area (Å²) in [7, 11) is 1.86. The number of rotatable bonds is 4. The average Bonchev–Trinajstić information content (AvgIpc) is 2.37. The molecule has 0 spiro atoms. The molecule has 1 rings (SSSR count). The van der Waals surface area contributed by atoms with Crippen LogP contribution in [0.15, 0.2) is 12.2 Å². The summed E-state index contributed by atoms with van der Waals surface area (Å²) >= 11 is 0. The Bertz CT molecular complexity index is 402. The largest absolute Gasteiger partial charge is 0.294 e. The van der Waals surface area contributed by atoms with E-state index in [9.17, 15) is 4.79 Å². The molecule has 0 atom stereocenters. The second-order valence-corrected chi connectivity index (χ2v) is 4.05. The van der Waals surface area contributed by atoms with E-state index in [2.05, 4.69) is 11.7 Å². The zero-order chi connectivity index (χ0) is 11.6.